The molecule has 7 heteroatoms. The normalized spacial score (nSPS) is 14.3. The summed E-state index contributed by atoms with van der Waals surface area (Å²) in [5.41, 5.74) is 3.66. The van der Waals surface area contributed by atoms with Crippen LogP contribution in [0.3, 0.4) is 0 Å². The van der Waals surface area contributed by atoms with E-state index in [0.717, 1.165) is 11.1 Å². The van der Waals surface area contributed by atoms with Gasteiger partial charge in [0, 0.05) is 5.56 Å². The fourth-order valence-corrected chi connectivity index (χ4v) is 4.09. The zero-order valence-electron chi connectivity index (χ0n) is 19.7. The Hall–Kier alpha value is -3.45. The molecule has 1 aliphatic heterocycles. The van der Waals surface area contributed by atoms with Gasteiger partial charge in [-0.3, -0.25) is 0 Å². The first-order chi connectivity index (χ1) is 16.8. The molecule has 5 nitrogen and oxygen atoms in total. The van der Waals surface area contributed by atoms with E-state index < -0.39 is 5.97 Å². The average Bonchev–Trinajstić information content (AvgIpc) is 3.20. The molecule has 0 amide bonds. The van der Waals surface area contributed by atoms with Gasteiger partial charge in [0.25, 0.3) is 0 Å². The molecule has 3 aromatic carbocycles. The fraction of sp³-hybridized carbons (Fsp3) is 0.214. The predicted octanol–water partition coefficient (Wildman–Crippen LogP) is 7.03. The van der Waals surface area contributed by atoms with Crippen LogP contribution < -0.4 is 9.47 Å². The SMILES string of the molecule is CCOc1cc(/C=C2\N=C(c3ccc(C(C)C)cc3)OC2=O)cc(Br)c1OCc1ccc(F)cc1. The summed E-state index contributed by atoms with van der Waals surface area (Å²) < 4.78 is 31.0. The van der Waals surface area contributed by atoms with Gasteiger partial charge < -0.3 is 14.2 Å². The van der Waals surface area contributed by atoms with Crippen molar-refractivity contribution in [2.45, 2.75) is 33.3 Å². The van der Waals surface area contributed by atoms with Gasteiger partial charge in [0.15, 0.2) is 17.2 Å². The van der Waals surface area contributed by atoms with E-state index in [1.165, 1.54) is 17.7 Å². The molecular weight excluding hydrogens is 513 g/mol. The standard InChI is InChI=1S/C28H25BrFNO4/c1-4-33-25-15-19(13-23(29)26(25)34-16-18-5-11-22(30)12-6-18)14-24-28(32)35-27(31-24)21-9-7-20(8-10-21)17(2)3/h5-15,17H,4,16H2,1-3H3/b24-14-. The Morgan fingerprint density at radius 2 is 1.77 bits per heavy atom. The van der Waals surface area contributed by atoms with Crippen LogP contribution in [0.25, 0.3) is 6.08 Å². The van der Waals surface area contributed by atoms with Crippen LogP contribution in [0.4, 0.5) is 4.39 Å². The summed E-state index contributed by atoms with van der Waals surface area (Å²) in [4.78, 5) is 16.9. The molecule has 0 aliphatic carbocycles. The zero-order chi connectivity index (χ0) is 24.9. The highest BCUT2D eigenvalue weighted by Gasteiger charge is 2.24. The van der Waals surface area contributed by atoms with E-state index in [9.17, 15) is 9.18 Å². The van der Waals surface area contributed by atoms with E-state index in [2.05, 4.69) is 34.8 Å². The first kappa shape index (κ1) is 24.7. The Balaban J connectivity index is 1.58. The second kappa shape index (κ2) is 10.9. The van der Waals surface area contributed by atoms with Crippen molar-refractivity contribution in [2.24, 2.45) is 4.99 Å². The smallest absolute Gasteiger partial charge is 0.363 e. The molecule has 0 saturated heterocycles. The van der Waals surface area contributed by atoms with Crippen LogP contribution in [0, 0.1) is 5.82 Å². The van der Waals surface area contributed by atoms with Crippen LogP contribution in [-0.4, -0.2) is 18.5 Å². The maximum atomic E-state index is 13.2. The van der Waals surface area contributed by atoms with E-state index in [-0.39, 0.29) is 24.0 Å². The Kier molecular flexibility index (Phi) is 7.66. The first-order valence-electron chi connectivity index (χ1n) is 11.3. The van der Waals surface area contributed by atoms with Crippen LogP contribution in [0.15, 0.2) is 75.8 Å². The minimum Gasteiger partial charge on any atom is -0.490 e. The van der Waals surface area contributed by atoms with Crippen LogP contribution in [0.5, 0.6) is 11.5 Å². The Morgan fingerprint density at radius 1 is 1.06 bits per heavy atom. The third kappa shape index (κ3) is 5.98. The summed E-state index contributed by atoms with van der Waals surface area (Å²) in [6.45, 7) is 6.79. The van der Waals surface area contributed by atoms with Gasteiger partial charge in [-0.2, -0.15) is 0 Å². The number of carbonyl (C=O) groups is 1. The lowest BCUT2D eigenvalue weighted by atomic mass is 10.0. The lowest BCUT2D eigenvalue weighted by Crippen LogP contribution is -2.05. The molecule has 0 N–H and O–H groups in total. The summed E-state index contributed by atoms with van der Waals surface area (Å²) in [6.07, 6.45) is 1.65. The molecule has 0 fully saturated rings. The van der Waals surface area contributed by atoms with Crippen molar-refractivity contribution in [3.63, 3.8) is 0 Å². The number of carbonyl (C=O) groups excluding carboxylic acids is 1. The number of rotatable bonds is 8. The minimum atomic E-state index is -0.515. The second-order valence-electron chi connectivity index (χ2n) is 8.29. The van der Waals surface area contributed by atoms with Gasteiger partial charge in [-0.1, -0.05) is 38.1 Å². The van der Waals surface area contributed by atoms with Gasteiger partial charge in [0.2, 0.25) is 5.90 Å². The van der Waals surface area contributed by atoms with Crippen molar-refractivity contribution in [3.05, 3.63) is 98.9 Å². The highest BCUT2D eigenvalue weighted by molar-refractivity contribution is 9.10. The molecule has 3 aromatic rings. The molecular formula is C28H25BrFNO4. The van der Waals surface area contributed by atoms with E-state index in [4.69, 9.17) is 14.2 Å². The van der Waals surface area contributed by atoms with Crippen LogP contribution in [0.2, 0.25) is 0 Å². The van der Waals surface area contributed by atoms with Crippen molar-refractivity contribution >= 4 is 33.9 Å². The third-order valence-electron chi connectivity index (χ3n) is 5.38. The van der Waals surface area contributed by atoms with Gasteiger partial charge in [-0.25, -0.2) is 14.2 Å². The third-order valence-corrected chi connectivity index (χ3v) is 5.97. The van der Waals surface area contributed by atoms with E-state index in [1.54, 1.807) is 24.3 Å². The van der Waals surface area contributed by atoms with Gasteiger partial charge in [0.1, 0.15) is 12.4 Å². The summed E-state index contributed by atoms with van der Waals surface area (Å²) in [7, 11) is 0. The minimum absolute atomic E-state index is 0.197. The molecule has 35 heavy (non-hydrogen) atoms. The van der Waals surface area contributed by atoms with Crippen LogP contribution in [0.1, 0.15) is 48.9 Å². The first-order valence-corrected chi connectivity index (χ1v) is 12.1. The summed E-state index contributed by atoms with van der Waals surface area (Å²) in [5.74, 6) is 0.898. The lowest BCUT2D eigenvalue weighted by Gasteiger charge is -2.15. The van der Waals surface area contributed by atoms with Gasteiger partial charge in [-0.15, -0.1) is 0 Å². The summed E-state index contributed by atoms with van der Waals surface area (Å²) >= 11 is 3.54. The largest absolute Gasteiger partial charge is 0.490 e. The Bertz CT molecular complexity index is 1280. The number of cyclic esters (lactones) is 1. The quantitative estimate of drug-likeness (QED) is 0.228. The van der Waals surface area contributed by atoms with Crippen molar-refractivity contribution in [1.29, 1.82) is 0 Å². The number of nitrogens with zero attached hydrogens (tertiary/aromatic N) is 1. The van der Waals surface area contributed by atoms with Crippen molar-refractivity contribution < 1.29 is 23.4 Å². The molecule has 0 aromatic heterocycles. The molecule has 0 spiro atoms. The Labute approximate surface area is 212 Å². The number of aliphatic imine (C=N–C) groups is 1. The van der Waals surface area contributed by atoms with Gasteiger partial charge in [-0.05, 0) is 87.9 Å². The number of hydrogen-bond donors (Lipinski definition) is 0. The maximum absolute atomic E-state index is 13.2. The zero-order valence-corrected chi connectivity index (χ0v) is 21.3. The van der Waals surface area contributed by atoms with Gasteiger partial charge >= 0.3 is 5.97 Å². The number of ether oxygens (including phenoxy) is 3. The molecule has 0 atom stereocenters. The molecule has 1 aliphatic rings. The van der Waals surface area contributed by atoms with Crippen molar-refractivity contribution in [3.8, 4) is 11.5 Å². The van der Waals surface area contributed by atoms with Crippen molar-refractivity contribution in [1.82, 2.24) is 0 Å². The van der Waals surface area contributed by atoms with E-state index in [1.807, 2.05) is 37.3 Å². The van der Waals surface area contributed by atoms with Crippen LogP contribution >= 0.6 is 15.9 Å². The molecule has 0 unspecified atom stereocenters. The average molecular weight is 538 g/mol. The number of halogens is 2. The van der Waals surface area contributed by atoms with Crippen LogP contribution in [-0.2, 0) is 16.1 Å². The monoisotopic (exact) mass is 537 g/mol. The number of esters is 1. The van der Waals surface area contributed by atoms with Crippen molar-refractivity contribution in [2.75, 3.05) is 6.61 Å². The van der Waals surface area contributed by atoms with E-state index in [0.29, 0.717) is 34.1 Å². The fourth-order valence-electron chi connectivity index (χ4n) is 3.51. The molecule has 0 radical (unpaired) electrons. The second-order valence-corrected chi connectivity index (χ2v) is 9.15. The lowest BCUT2D eigenvalue weighted by molar-refractivity contribution is -0.129. The topological polar surface area (TPSA) is 57.1 Å². The number of benzene rings is 3. The summed E-state index contributed by atoms with van der Waals surface area (Å²) in [5, 5.41) is 0. The Morgan fingerprint density at radius 3 is 2.43 bits per heavy atom. The molecule has 0 saturated carbocycles. The molecule has 180 valence electrons. The summed E-state index contributed by atoms with van der Waals surface area (Å²) in [6, 6.07) is 17.5. The molecule has 0 bridgehead atoms. The highest BCUT2D eigenvalue weighted by atomic mass is 79.9. The predicted molar refractivity (Wildman–Crippen MR) is 137 cm³/mol. The molecule has 4 rings (SSSR count). The van der Waals surface area contributed by atoms with Gasteiger partial charge in [0.05, 0.1) is 11.1 Å². The molecule has 1 heterocycles. The number of hydrogen-bond acceptors (Lipinski definition) is 5. The maximum Gasteiger partial charge on any atom is 0.363 e. The van der Waals surface area contributed by atoms with E-state index >= 15 is 0 Å². The highest BCUT2D eigenvalue weighted by Crippen LogP contribution is 2.38.